The molecule has 0 bridgehead atoms. The quantitative estimate of drug-likeness (QED) is 0.0876. The molecule has 8 nitrogen and oxygen atoms in total. The molecule has 5 N–H and O–H groups in total. The molecular formula is C34H35F3N6O2. The van der Waals surface area contributed by atoms with Crippen LogP contribution in [0, 0.1) is 0 Å². The van der Waals surface area contributed by atoms with Crippen LogP contribution in [0.15, 0.2) is 79.0 Å². The van der Waals surface area contributed by atoms with E-state index in [1.54, 1.807) is 24.3 Å². The molecule has 0 radical (unpaired) electrons. The van der Waals surface area contributed by atoms with Gasteiger partial charge in [0.25, 0.3) is 11.8 Å². The van der Waals surface area contributed by atoms with Crippen molar-refractivity contribution in [1.29, 1.82) is 0 Å². The summed E-state index contributed by atoms with van der Waals surface area (Å²) < 4.78 is 39.2. The number of nitrogens with zero attached hydrogens (tertiary/aromatic N) is 1. The molecular weight excluding hydrogens is 581 g/mol. The lowest BCUT2D eigenvalue weighted by atomic mass is 10.1. The first-order valence-electron chi connectivity index (χ1n) is 14.8. The number of halogens is 3. The number of nitrogens with one attached hydrogen (secondary N) is 5. The largest absolute Gasteiger partial charge is 0.416 e. The van der Waals surface area contributed by atoms with Crippen molar-refractivity contribution in [2.75, 3.05) is 42.1 Å². The van der Waals surface area contributed by atoms with Gasteiger partial charge in [0, 0.05) is 59.7 Å². The Bertz CT molecular complexity index is 1710. The maximum absolute atomic E-state index is 13.1. The van der Waals surface area contributed by atoms with Gasteiger partial charge in [-0.15, -0.1) is 0 Å². The Morgan fingerprint density at radius 3 is 2.47 bits per heavy atom. The SMILES string of the molecule is CCN(CC)CCNCc1c[nH]c(/C=C2\C(=O)Nc3cc(Nc4cccc(NC(=O)c5cccc(C(F)(F)F)c5)c4)ccc32)c1. The second-order valence-corrected chi connectivity index (χ2v) is 10.7. The van der Waals surface area contributed by atoms with Crippen LogP contribution in [0.2, 0.25) is 0 Å². The number of hydrogen-bond donors (Lipinski definition) is 5. The number of benzene rings is 3. The van der Waals surface area contributed by atoms with Crippen LogP contribution in [0.4, 0.5) is 35.9 Å². The Morgan fingerprint density at radius 1 is 0.933 bits per heavy atom. The van der Waals surface area contributed by atoms with Crippen molar-refractivity contribution >= 4 is 46.2 Å². The molecule has 11 heteroatoms. The number of aromatic amines is 1. The van der Waals surface area contributed by atoms with E-state index in [0.717, 1.165) is 61.7 Å². The van der Waals surface area contributed by atoms with Crippen molar-refractivity contribution in [1.82, 2.24) is 15.2 Å². The van der Waals surface area contributed by atoms with Gasteiger partial charge in [-0.3, -0.25) is 9.59 Å². The van der Waals surface area contributed by atoms with E-state index in [1.165, 1.54) is 12.1 Å². The monoisotopic (exact) mass is 616 g/mol. The number of alkyl halides is 3. The van der Waals surface area contributed by atoms with Gasteiger partial charge >= 0.3 is 6.18 Å². The lowest BCUT2D eigenvalue weighted by molar-refractivity contribution is -0.137. The lowest BCUT2D eigenvalue weighted by Gasteiger charge is -2.17. The van der Waals surface area contributed by atoms with Crippen LogP contribution in [-0.2, 0) is 17.5 Å². The minimum atomic E-state index is -4.54. The standard InChI is InChI=1S/C34H35F3N6O2/c1-3-43(4-2)14-13-38-20-22-15-28(39-21-22)18-30-29-12-11-27(19-31(29)42-33(30)45)40-25-9-6-10-26(17-25)41-32(44)23-7-5-8-24(16-23)34(35,36)37/h5-12,15-19,21,38-40H,3-4,13-14,20H2,1-2H3,(H,41,44)(H,42,45)/b30-18-. The number of H-pyrrole nitrogens is 1. The topological polar surface area (TPSA) is 101 Å². The Labute approximate surface area is 259 Å². The molecule has 4 aromatic rings. The number of aromatic nitrogens is 1. The molecule has 1 aliphatic heterocycles. The van der Waals surface area contributed by atoms with E-state index in [0.29, 0.717) is 28.3 Å². The van der Waals surface area contributed by atoms with Crippen molar-refractivity contribution < 1.29 is 22.8 Å². The normalized spacial score (nSPS) is 13.6. The predicted octanol–water partition coefficient (Wildman–Crippen LogP) is 6.95. The second kappa shape index (κ2) is 13.8. The fourth-order valence-corrected chi connectivity index (χ4v) is 5.11. The molecule has 0 unspecified atom stereocenters. The summed E-state index contributed by atoms with van der Waals surface area (Å²) in [6.45, 7) is 9.00. The summed E-state index contributed by atoms with van der Waals surface area (Å²) in [7, 11) is 0. The van der Waals surface area contributed by atoms with E-state index >= 15 is 0 Å². The maximum atomic E-state index is 13.1. The van der Waals surface area contributed by atoms with Gasteiger partial charge in [-0.25, -0.2) is 0 Å². The summed E-state index contributed by atoms with van der Waals surface area (Å²) in [6.07, 6.45) is -0.766. The minimum Gasteiger partial charge on any atom is -0.361 e. The average Bonchev–Trinajstić information content (AvgIpc) is 3.60. The van der Waals surface area contributed by atoms with Crippen molar-refractivity contribution in [2.45, 2.75) is 26.6 Å². The summed E-state index contributed by atoms with van der Waals surface area (Å²) in [4.78, 5) is 31.1. The van der Waals surface area contributed by atoms with Crippen molar-refractivity contribution in [2.24, 2.45) is 0 Å². The number of fused-ring (bicyclic) bond motifs is 1. The van der Waals surface area contributed by atoms with Gasteiger partial charge in [0.1, 0.15) is 0 Å². The third-order valence-corrected chi connectivity index (χ3v) is 7.56. The first-order valence-corrected chi connectivity index (χ1v) is 14.8. The molecule has 1 aromatic heterocycles. The highest BCUT2D eigenvalue weighted by atomic mass is 19.4. The Kier molecular flexibility index (Phi) is 9.70. The number of likely N-dealkylation sites (N-methyl/N-ethyl adjacent to an activating group) is 1. The molecule has 2 amide bonds. The molecule has 0 atom stereocenters. The van der Waals surface area contributed by atoms with Crippen molar-refractivity contribution in [3.05, 3.63) is 107 Å². The zero-order chi connectivity index (χ0) is 32.0. The van der Waals surface area contributed by atoms with E-state index < -0.39 is 17.6 Å². The first kappa shape index (κ1) is 31.6. The summed E-state index contributed by atoms with van der Waals surface area (Å²) in [5, 5.41) is 12.3. The van der Waals surface area contributed by atoms with Gasteiger partial charge in [-0.1, -0.05) is 32.0 Å². The third-order valence-electron chi connectivity index (χ3n) is 7.56. The van der Waals surface area contributed by atoms with Gasteiger partial charge < -0.3 is 31.2 Å². The van der Waals surface area contributed by atoms with Crippen LogP contribution in [0.3, 0.4) is 0 Å². The number of rotatable bonds is 12. The van der Waals surface area contributed by atoms with Crippen LogP contribution in [0.5, 0.6) is 0 Å². The smallest absolute Gasteiger partial charge is 0.361 e. The van der Waals surface area contributed by atoms with E-state index in [1.807, 2.05) is 36.5 Å². The van der Waals surface area contributed by atoms with Crippen LogP contribution < -0.4 is 21.3 Å². The molecule has 3 aromatic carbocycles. The average molecular weight is 617 g/mol. The van der Waals surface area contributed by atoms with Crippen molar-refractivity contribution in [3.63, 3.8) is 0 Å². The Hall–Kier alpha value is -4.87. The van der Waals surface area contributed by atoms with E-state index in [4.69, 9.17) is 0 Å². The third kappa shape index (κ3) is 8.00. The van der Waals surface area contributed by atoms with Crippen LogP contribution >= 0.6 is 0 Å². The fraction of sp³-hybridized carbons (Fsp3) is 0.235. The molecule has 5 rings (SSSR count). The van der Waals surface area contributed by atoms with Gasteiger partial charge in [-0.05, 0) is 79.3 Å². The second-order valence-electron chi connectivity index (χ2n) is 10.7. The summed E-state index contributed by atoms with van der Waals surface area (Å²) in [5.41, 5.74) is 4.70. The van der Waals surface area contributed by atoms with Crippen LogP contribution in [-0.4, -0.2) is 47.9 Å². The van der Waals surface area contributed by atoms with E-state index in [9.17, 15) is 22.8 Å². The van der Waals surface area contributed by atoms with Crippen LogP contribution in [0.1, 0.15) is 46.6 Å². The van der Waals surface area contributed by atoms with Crippen molar-refractivity contribution in [3.8, 4) is 0 Å². The fourth-order valence-electron chi connectivity index (χ4n) is 5.11. The number of amides is 2. The number of anilines is 4. The van der Waals surface area contributed by atoms with E-state index in [2.05, 4.69) is 45.0 Å². The minimum absolute atomic E-state index is 0.0977. The zero-order valence-corrected chi connectivity index (χ0v) is 25.0. The Morgan fingerprint density at radius 2 is 1.69 bits per heavy atom. The molecule has 0 aliphatic carbocycles. The summed E-state index contributed by atoms with van der Waals surface area (Å²) in [5.74, 6) is -0.853. The molecule has 234 valence electrons. The molecule has 0 fully saturated rings. The Balaban J connectivity index is 1.22. The number of carbonyl (C=O) groups excluding carboxylic acids is 2. The first-order chi connectivity index (χ1) is 21.6. The lowest BCUT2D eigenvalue weighted by Crippen LogP contribution is -2.31. The molecule has 2 heterocycles. The predicted molar refractivity (Wildman–Crippen MR) is 172 cm³/mol. The highest BCUT2D eigenvalue weighted by molar-refractivity contribution is 6.35. The van der Waals surface area contributed by atoms with Gasteiger partial charge in [0.05, 0.1) is 16.8 Å². The highest BCUT2D eigenvalue weighted by Gasteiger charge is 2.31. The highest BCUT2D eigenvalue weighted by Crippen LogP contribution is 2.36. The van der Waals surface area contributed by atoms with Gasteiger partial charge in [0.15, 0.2) is 0 Å². The molecule has 0 spiro atoms. The number of hydrogen-bond acceptors (Lipinski definition) is 5. The van der Waals surface area contributed by atoms with Gasteiger partial charge in [-0.2, -0.15) is 13.2 Å². The molecule has 45 heavy (non-hydrogen) atoms. The molecule has 0 saturated carbocycles. The zero-order valence-electron chi connectivity index (χ0n) is 25.0. The maximum Gasteiger partial charge on any atom is 0.416 e. The summed E-state index contributed by atoms with van der Waals surface area (Å²) in [6, 6.07) is 18.6. The molecule has 0 saturated heterocycles. The summed E-state index contributed by atoms with van der Waals surface area (Å²) >= 11 is 0. The van der Waals surface area contributed by atoms with Gasteiger partial charge in [0.2, 0.25) is 0 Å². The van der Waals surface area contributed by atoms with Crippen LogP contribution in [0.25, 0.3) is 11.6 Å². The molecule has 1 aliphatic rings. The van der Waals surface area contributed by atoms with E-state index in [-0.39, 0.29) is 11.5 Å². The number of carbonyl (C=O) groups is 2.